The predicted octanol–water partition coefficient (Wildman–Crippen LogP) is 2.72. The van der Waals surface area contributed by atoms with Crippen molar-refractivity contribution in [1.82, 2.24) is 5.32 Å². The molecular formula is C17H17NO3. The van der Waals surface area contributed by atoms with Gasteiger partial charge in [0.1, 0.15) is 6.10 Å². The number of esters is 1. The minimum absolute atomic E-state index is 0.191. The Balaban J connectivity index is 2.03. The number of hydrogen-bond donors (Lipinski definition) is 1. The van der Waals surface area contributed by atoms with Crippen LogP contribution in [0.4, 0.5) is 0 Å². The number of carbonyl (C=O) groups excluding carboxylic acids is 2. The van der Waals surface area contributed by atoms with E-state index in [4.69, 9.17) is 4.74 Å². The van der Waals surface area contributed by atoms with E-state index < -0.39 is 6.10 Å². The molecule has 1 atom stereocenters. The summed E-state index contributed by atoms with van der Waals surface area (Å²) in [6.07, 6.45) is -0.489. The monoisotopic (exact) mass is 283 g/mol. The summed E-state index contributed by atoms with van der Waals surface area (Å²) in [4.78, 5) is 23.2. The van der Waals surface area contributed by atoms with E-state index in [2.05, 4.69) is 5.32 Å². The minimum atomic E-state index is -0.489. The summed E-state index contributed by atoms with van der Waals surface area (Å²) >= 11 is 0. The Hall–Kier alpha value is -2.62. The van der Waals surface area contributed by atoms with Gasteiger partial charge in [-0.15, -0.1) is 0 Å². The molecule has 0 saturated heterocycles. The van der Waals surface area contributed by atoms with E-state index in [1.54, 1.807) is 24.3 Å². The van der Waals surface area contributed by atoms with Gasteiger partial charge in [0, 0.05) is 12.5 Å². The highest BCUT2D eigenvalue weighted by atomic mass is 16.5. The molecule has 1 amide bonds. The fourth-order valence-electron chi connectivity index (χ4n) is 1.97. The average Bonchev–Trinajstić information content (AvgIpc) is 2.52. The van der Waals surface area contributed by atoms with Crippen LogP contribution in [0, 0.1) is 0 Å². The van der Waals surface area contributed by atoms with E-state index in [0.29, 0.717) is 5.56 Å². The lowest BCUT2D eigenvalue weighted by Gasteiger charge is -2.18. The molecule has 0 spiro atoms. The lowest BCUT2D eigenvalue weighted by Crippen LogP contribution is -2.30. The Morgan fingerprint density at radius 1 is 1.00 bits per heavy atom. The van der Waals surface area contributed by atoms with E-state index in [-0.39, 0.29) is 18.4 Å². The SMILES string of the molecule is CC(=O)O[C@H](CNC(=O)c1ccccc1)c1ccccc1. The molecule has 0 heterocycles. The second-order valence-electron chi connectivity index (χ2n) is 4.58. The summed E-state index contributed by atoms with van der Waals surface area (Å²) in [6, 6.07) is 18.3. The molecule has 2 aromatic rings. The van der Waals surface area contributed by atoms with Crippen LogP contribution < -0.4 is 5.32 Å². The van der Waals surface area contributed by atoms with Crippen molar-refractivity contribution in [2.24, 2.45) is 0 Å². The van der Waals surface area contributed by atoms with Crippen molar-refractivity contribution in [3.63, 3.8) is 0 Å². The van der Waals surface area contributed by atoms with E-state index in [1.807, 2.05) is 36.4 Å². The van der Waals surface area contributed by atoms with Gasteiger partial charge in [-0.3, -0.25) is 9.59 Å². The molecule has 4 nitrogen and oxygen atoms in total. The summed E-state index contributed by atoms with van der Waals surface area (Å²) in [5.41, 5.74) is 1.42. The van der Waals surface area contributed by atoms with Gasteiger partial charge in [-0.1, -0.05) is 48.5 Å². The standard InChI is InChI=1S/C17H17NO3/c1-13(19)21-16(14-8-4-2-5-9-14)12-18-17(20)15-10-6-3-7-11-15/h2-11,16H,12H2,1H3,(H,18,20)/t16-/m1/s1. The quantitative estimate of drug-likeness (QED) is 0.858. The first-order chi connectivity index (χ1) is 10.2. The van der Waals surface area contributed by atoms with Crippen LogP contribution in [-0.2, 0) is 9.53 Å². The van der Waals surface area contributed by atoms with E-state index in [9.17, 15) is 9.59 Å². The Bertz CT molecular complexity index is 596. The van der Waals surface area contributed by atoms with Crippen LogP contribution in [0.5, 0.6) is 0 Å². The van der Waals surface area contributed by atoms with E-state index in [1.165, 1.54) is 6.92 Å². The smallest absolute Gasteiger partial charge is 0.303 e. The van der Waals surface area contributed by atoms with Gasteiger partial charge in [0.05, 0.1) is 6.54 Å². The van der Waals surface area contributed by atoms with E-state index >= 15 is 0 Å². The number of rotatable bonds is 5. The van der Waals surface area contributed by atoms with Crippen molar-refractivity contribution < 1.29 is 14.3 Å². The fourth-order valence-corrected chi connectivity index (χ4v) is 1.97. The van der Waals surface area contributed by atoms with Crippen molar-refractivity contribution in [2.75, 3.05) is 6.54 Å². The normalized spacial score (nSPS) is 11.5. The number of ether oxygens (including phenoxy) is 1. The summed E-state index contributed by atoms with van der Waals surface area (Å²) in [7, 11) is 0. The van der Waals surface area contributed by atoms with Gasteiger partial charge < -0.3 is 10.1 Å². The van der Waals surface area contributed by atoms with Gasteiger partial charge >= 0.3 is 5.97 Å². The zero-order valence-corrected chi connectivity index (χ0v) is 11.8. The third kappa shape index (κ3) is 4.45. The number of hydrogen-bond acceptors (Lipinski definition) is 3. The maximum absolute atomic E-state index is 12.0. The molecule has 0 bridgehead atoms. The molecule has 1 N–H and O–H groups in total. The van der Waals surface area contributed by atoms with Gasteiger partial charge in [0.25, 0.3) is 5.91 Å². The topological polar surface area (TPSA) is 55.4 Å². The number of nitrogens with one attached hydrogen (secondary N) is 1. The van der Waals surface area contributed by atoms with Gasteiger partial charge in [0.2, 0.25) is 0 Å². The summed E-state index contributed by atoms with van der Waals surface area (Å²) in [5, 5.41) is 2.79. The van der Waals surface area contributed by atoms with Crippen LogP contribution in [0.3, 0.4) is 0 Å². The van der Waals surface area contributed by atoms with Crippen molar-refractivity contribution >= 4 is 11.9 Å². The Kier molecular flexibility index (Phi) is 5.10. The maximum atomic E-state index is 12.0. The third-order valence-electron chi connectivity index (χ3n) is 2.96. The Labute approximate surface area is 123 Å². The van der Waals surface area contributed by atoms with Gasteiger partial charge in [-0.05, 0) is 17.7 Å². The molecule has 2 aromatic carbocycles. The van der Waals surface area contributed by atoms with Crippen LogP contribution in [0.2, 0.25) is 0 Å². The highest BCUT2D eigenvalue weighted by Gasteiger charge is 2.16. The summed E-state index contributed by atoms with van der Waals surface area (Å²) in [5.74, 6) is -0.568. The van der Waals surface area contributed by atoms with Gasteiger partial charge in [0.15, 0.2) is 0 Å². The average molecular weight is 283 g/mol. The molecule has 0 saturated carbocycles. The second-order valence-corrected chi connectivity index (χ2v) is 4.58. The minimum Gasteiger partial charge on any atom is -0.456 e. The van der Waals surface area contributed by atoms with E-state index in [0.717, 1.165) is 5.56 Å². The molecule has 2 rings (SSSR count). The van der Waals surface area contributed by atoms with Crippen LogP contribution in [0.15, 0.2) is 60.7 Å². The zero-order chi connectivity index (χ0) is 15.1. The first kappa shape index (κ1) is 14.8. The van der Waals surface area contributed by atoms with Crippen LogP contribution >= 0.6 is 0 Å². The predicted molar refractivity (Wildman–Crippen MR) is 79.7 cm³/mol. The zero-order valence-electron chi connectivity index (χ0n) is 11.8. The highest BCUT2D eigenvalue weighted by molar-refractivity contribution is 5.94. The lowest BCUT2D eigenvalue weighted by atomic mass is 10.1. The lowest BCUT2D eigenvalue weighted by molar-refractivity contribution is -0.146. The molecule has 0 unspecified atom stereocenters. The molecule has 0 radical (unpaired) electrons. The van der Waals surface area contributed by atoms with Crippen molar-refractivity contribution in [2.45, 2.75) is 13.0 Å². The molecule has 21 heavy (non-hydrogen) atoms. The van der Waals surface area contributed by atoms with Crippen molar-refractivity contribution in [3.8, 4) is 0 Å². The largest absolute Gasteiger partial charge is 0.456 e. The number of amides is 1. The molecule has 0 aromatic heterocycles. The Morgan fingerprint density at radius 3 is 2.14 bits per heavy atom. The van der Waals surface area contributed by atoms with Gasteiger partial charge in [-0.25, -0.2) is 0 Å². The molecule has 0 aliphatic heterocycles. The second kappa shape index (κ2) is 7.24. The van der Waals surface area contributed by atoms with Gasteiger partial charge in [-0.2, -0.15) is 0 Å². The summed E-state index contributed by atoms with van der Waals surface area (Å²) < 4.78 is 5.27. The number of benzene rings is 2. The Morgan fingerprint density at radius 2 is 1.57 bits per heavy atom. The first-order valence-electron chi connectivity index (χ1n) is 6.72. The molecule has 0 aliphatic rings. The van der Waals surface area contributed by atoms with Crippen LogP contribution in [-0.4, -0.2) is 18.4 Å². The fraction of sp³-hybridized carbons (Fsp3) is 0.176. The summed E-state index contributed by atoms with van der Waals surface area (Å²) in [6.45, 7) is 1.59. The third-order valence-corrected chi connectivity index (χ3v) is 2.96. The first-order valence-corrected chi connectivity index (χ1v) is 6.72. The number of carbonyl (C=O) groups is 2. The van der Waals surface area contributed by atoms with Crippen LogP contribution in [0.1, 0.15) is 28.9 Å². The van der Waals surface area contributed by atoms with Crippen molar-refractivity contribution in [3.05, 3.63) is 71.8 Å². The molecule has 108 valence electrons. The van der Waals surface area contributed by atoms with Crippen molar-refractivity contribution in [1.29, 1.82) is 0 Å². The molecule has 0 aliphatic carbocycles. The maximum Gasteiger partial charge on any atom is 0.303 e. The molecule has 0 fully saturated rings. The molecule has 4 heteroatoms. The highest BCUT2D eigenvalue weighted by Crippen LogP contribution is 2.16. The molecular weight excluding hydrogens is 266 g/mol. The van der Waals surface area contributed by atoms with Crippen LogP contribution in [0.25, 0.3) is 0 Å².